The number of rotatable bonds is 4. The van der Waals surface area contributed by atoms with Gasteiger partial charge in [-0.3, -0.25) is 4.98 Å². The van der Waals surface area contributed by atoms with Gasteiger partial charge in [0.2, 0.25) is 0 Å². The van der Waals surface area contributed by atoms with E-state index in [4.69, 9.17) is 4.74 Å². The highest BCUT2D eigenvalue weighted by atomic mass is 19.1. The minimum Gasteiger partial charge on any atom is -0.483 e. The standard InChI is InChI=1S/C8H8F2NO/c9-4-8(5-10)12-7-2-1-3-11-6-7/h2-3,6,8H,4-5H2. The van der Waals surface area contributed by atoms with Crippen molar-refractivity contribution in [3.05, 3.63) is 24.5 Å². The summed E-state index contributed by atoms with van der Waals surface area (Å²) in [5.74, 6) is 0.331. The Balaban J connectivity index is 2.51. The van der Waals surface area contributed by atoms with Crippen molar-refractivity contribution in [1.29, 1.82) is 0 Å². The third-order valence-electron chi connectivity index (χ3n) is 1.22. The first-order valence-corrected chi connectivity index (χ1v) is 3.46. The van der Waals surface area contributed by atoms with E-state index in [-0.39, 0.29) is 0 Å². The number of aromatic nitrogens is 1. The van der Waals surface area contributed by atoms with Crippen LogP contribution in [0.1, 0.15) is 0 Å². The third-order valence-corrected chi connectivity index (χ3v) is 1.22. The number of nitrogens with zero attached hydrogens (tertiary/aromatic N) is 1. The van der Waals surface area contributed by atoms with Gasteiger partial charge in [-0.25, -0.2) is 8.78 Å². The average Bonchev–Trinajstić information content (AvgIpc) is 2.16. The summed E-state index contributed by atoms with van der Waals surface area (Å²) in [7, 11) is 0. The Kier molecular flexibility index (Phi) is 3.44. The van der Waals surface area contributed by atoms with Crippen LogP contribution in [-0.2, 0) is 0 Å². The van der Waals surface area contributed by atoms with E-state index in [2.05, 4.69) is 11.1 Å². The molecule has 0 fully saturated rings. The van der Waals surface area contributed by atoms with E-state index in [0.717, 1.165) is 0 Å². The summed E-state index contributed by atoms with van der Waals surface area (Å²) in [6, 6.07) is 4.11. The van der Waals surface area contributed by atoms with Crippen molar-refractivity contribution >= 4 is 0 Å². The van der Waals surface area contributed by atoms with Gasteiger partial charge in [0.05, 0.1) is 6.20 Å². The molecule has 0 aliphatic heterocycles. The number of halogens is 2. The number of hydrogen-bond acceptors (Lipinski definition) is 2. The van der Waals surface area contributed by atoms with E-state index in [0.29, 0.717) is 5.75 Å². The molecule has 0 saturated heterocycles. The van der Waals surface area contributed by atoms with Crippen LogP contribution in [0.15, 0.2) is 18.5 Å². The van der Waals surface area contributed by atoms with Gasteiger partial charge in [0, 0.05) is 12.3 Å². The maximum Gasteiger partial charge on any atom is 0.155 e. The van der Waals surface area contributed by atoms with E-state index < -0.39 is 19.5 Å². The molecule has 0 spiro atoms. The van der Waals surface area contributed by atoms with Gasteiger partial charge in [0.15, 0.2) is 6.10 Å². The molecule has 0 aliphatic carbocycles. The van der Waals surface area contributed by atoms with Crippen LogP contribution in [0.4, 0.5) is 8.78 Å². The van der Waals surface area contributed by atoms with Gasteiger partial charge in [-0.2, -0.15) is 0 Å². The predicted octanol–water partition coefficient (Wildman–Crippen LogP) is 1.57. The van der Waals surface area contributed by atoms with Crippen LogP contribution in [-0.4, -0.2) is 24.4 Å². The SMILES string of the molecule is FCC(CF)Oc1c[c]cnc1. The maximum atomic E-state index is 11.9. The molecule has 0 aliphatic rings. The molecule has 1 aromatic heterocycles. The molecule has 0 bridgehead atoms. The minimum atomic E-state index is -1.03. The van der Waals surface area contributed by atoms with E-state index in [1.807, 2.05) is 0 Å². The summed E-state index contributed by atoms with van der Waals surface area (Å²) in [5.41, 5.74) is 0. The van der Waals surface area contributed by atoms with Crippen molar-refractivity contribution in [1.82, 2.24) is 4.98 Å². The van der Waals surface area contributed by atoms with Crippen molar-refractivity contribution in [3.8, 4) is 5.75 Å². The number of pyridine rings is 1. The van der Waals surface area contributed by atoms with Crippen LogP contribution >= 0.6 is 0 Å². The molecule has 65 valence electrons. The molecule has 0 amide bonds. The molecule has 1 radical (unpaired) electrons. The lowest BCUT2D eigenvalue weighted by Gasteiger charge is -2.10. The lowest BCUT2D eigenvalue weighted by molar-refractivity contribution is 0.133. The number of alkyl halides is 2. The van der Waals surface area contributed by atoms with Crippen LogP contribution in [0, 0.1) is 6.07 Å². The molecule has 0 unspecified atom stereocenters. The second-order valence-corrected chi connectivity index (χ2v) is 2.17. The van der Waals surface area contributed by atoms with E-state index >= 15 is 0 Å². The lowest BCUT2D eigenvalue weighted by Crippen LogP contribution is -2.21. The smallest absolute Gasteiger partial charge is 0.155 e. The van der Waals surface area contributed by atoms with Crippen molar-refractivity contribution in [2.24, 2.45) is 0 Å². The van der Waals surface area contributed by atoms with Crippen molar-refractivity contribution in [2.45, 2.75) is 6.10 Å². The van der Waals surface area contributed by atoms with E-state index in [9.17, 15) is 8.78 Å². The van der Waals surface area contributed by atoms with Crippen LogP contribution in [0.2, 0.25) is 0 Å². The minimum absolute atomic E-state index is 0.331. The monoisotopic (exact) mass is 172 g/mol. The molecule has 0 saturated carbocycles. The molecule has 1 rings (SSSR count). The zero-order valence-electron chi connectivity index (χ0n) is 6.34. The summed E-state index contributed by atoms with van der Waals surface area (Å²) in [4.78, 5) is 3.68. The van der Waals surface area contributed by atoms with Gasteiger partial charge in [0.1, 0.15) is 19.1 Å². The first-order chi connectivity index (χ1) is 5.86. The average molecular weight is 172 g/mol. The normalized spacial score (nSPS) is 10.2. The lowest BCUT2D eigenvalue weighted by atomic mass is 10.4. The van der Waals surface area contributed by atoms with Crippen LogP contribution in [0.25, 0.3) is 0 Å². The van der Waals surface area contributed by atoms with E-state index in [1.54, 1.807) is 0 Å². The molecule has 1 heterocycles. The summed E-state index contributed by atoms with van der Waals surface area (Å²) in [6.45, 7) is -1.68. The molecule has 2 nitrogen and oxygen atoms in total. The van der Waals surface area contributed by atoms with Gasteiger partial charge in [-0.1, -0.05) is 0 Å². The second kappa shape index (κ2) is 4.64. The Hall–Kier alpha value is -1.19. The largest absolute Gasteiger partial charge is 0.483 e. The molecule has 12 heavy (non-hydrogen) atoms. The summed E-state index contributed by atoms with van der Waals surface area (Å²) < 4.78 is 28.8. The highest BCUT2D eigenvalue weighted by molar-refractivity contribution is 5.14. The molecule has 0 atom stereocenters. The molecule has 4 heteroatoms. The second-order valence-electron chi connectivity index (χ2n) is 2.17. The maximum absolute atomic E-state index is 11.9. The Labute approximate surface area is 69.2 Å². The fourth-order valence-electron chi connectivity index (χ4n) is 0.672. The fraction of sp³-hybridized carbons (Fsp3) is 0.375. The topological polar surface area (TPSA) is 22.1 Å². The summed E-state index contributed by atoms with van der Waals surface area (Å²) in [6.07, 6.45) is 1.80. The molecular formula is C8H8F2NO. The van der Waals surface area contributed by atoms with Crippen molar-refractivity contribution in [3.63, 3.8) is 0 Å². The van der Waals surface area contributed by atoms with Gasteiger partial charge < -0.3 is 4.74 Å². The Morgan fingerprint density at radius 2 is 2.25 bits per heavy atom. The van der Waals surface area contributed by atoms with Crippen molar-refractivity contribution < 1.29 is 13.5 Å². The van der Waals surface area contributed by atoms with Crippen LogP contribution in [0.5, 0.6) is 5.75 Å². The van der Waals surface area contributed by atoms with Gasteiger partial charge in [-0.15, -0.1) is 0 Å². The predicted molar refractivity (Wildman–Crippen MR) is 39.4 cm³/mol. The first-order valence-electron chi connectivity index (χ1n) is 3.46. The number of ether oxygens (including phenoxy) is 1. The fourth-order valence-corrected chi connectivity index (χ4v) is 0.672. The molecule has 0 aromatic carbocycles. The van der Waals surface area contributed by atoms with Crippen LogP contribution < -0.4 is 4.74 Å². The quantitative estimate of drug-likeness (QED) is 0.687. The summed E-state index contributed by atoms with van der Waals surface area (Å²) >= 11 is 0. The van der Waals surface area contributed by atoms with Gasteiger partial charge in [0.25, 0.3) is 0 Å². The molecule has 0 N–H and O–H groups in total. The zero-order chi connectivity index (χ0) is 8.81. The zero-order valence-corrected chi connectivity index (χ0v) is 6.34. The Bertz CT molecular complexity index is 214. The van der Waals surface area contributed by atoms with Gasteiger partial charge in [-0.05, 0) is 6.07 Å². The van der Waals surface area contributed by atoms with Crippen molar-refractivity contribution in [2.75, 3.05) is 13.3 Å². The molecular weight excluding hydrogens is 164 g/mol. The Morgan fingerprint density at radius 1 is 1.50 bits per heavy atom. The first kappa shape index (κ1) is 8.90. The molecule has 1 aromatic rings. The number of hydrogen-bond donors (Lipinski definition) is 0. The van der Waals surface area contributed by atoms with E-state index in [1.165, 1.54) is 18.5 Å². The van der Waals surface area contributed by atoms with Gasteiger partial charge >= 0.3 is 0 Å². The van der Waals surface area contributed by atoms with Crippen LogP contribution in [0.3, 0.4) is 0 Å². The highest BCUT2D eigenvalue weighted by Crippen LogP contribution is 2.09. The summed E-state index contributed by atoms with van der Waals surface area (Å²) in [5, 5.41) is 0. The Morgan fingerprint density at radius 3 is 2.75 bits per heavy atom. The highest BCUT2D eigenvalue weighted by Gasteiger charge is 2.08. The third kappa shape index (κ3) is 2.45.